The normalized spacial score (nSPS) is 24.0. The molecule has 0 aromatic carbocycles. The lowest BCUT2D eigenvalue weighted by atomic mass is 9.91. The molecule has 0 aliphatic carbocycles. The molecule has 4 saturated heterocycles. The molecule has 0 radical (unpaired) electrons. The van der Waals surface area contributed by atoms with Crippen molar-refractivity contribution in [3.05, 3.63) is 0 Å². The van der Waals surface area contributed by atoms with Crippen LogP contribution in [0.1, 0.15) is 109 Å². The van der Waals surface area contributed by atoms with Crippen molar-refractivity contribution in [2.24, 2.45) is 23.2 Å². The number of hydrogen-bond acceptors (Lipinski definition) is 24. The largest absolute Gasteiger partial charge is 0.453 e. The van der Waals surface area contributed by atoms with Crippen LogP contribution >= 0.6 is 35.3 Å². The average molecular weight is 1090 g/mol. The topological polar surface area (TPSA) is 257 Å². The molecule has 0 bridgehead atoms. The number of hydrogen-bond donors (Lipinski definition) is 0. The summed E-state index contributed by atoms with van der Waals surface area (Å²) in [6, 6.07) is 0. The van der Waals surface area contributed by atoms with Crippen molar-refractivity contribution in [1.82, 2.24) is 0 Å². The smallest absolute Gasteiger partial charge is 0.346 e. The fourth-order valence-electron chi connectivity index (χ4n) is 5.23. The number of ether oxygens (including phenoxy) is 13. The second-order valence-corrected chi connectivity index (χ2v) is 21.4. The highest BCUT2D eigenvalue weighted by atomic mass is 32.2. The first-order chi connectivity index (χ1) is 34.0. The maximum Gasteiger partial charge on any atom is 0.346 e. The molecule has 0 N–H and O–H groups in total. The highest BCUT2D eigenvalue weighted by Gasteiger charge is 2.30. The van der Waals surface area contributed by atoms with Crippen LogP contribution in [-0.2, 0) is 99.9 Å². The van der Waals surface area contributed by atoms with Crippen LogP contribution in [0.5, 0.6) is 0 Å². The van der Waals surface area contributed by atoms with E-state index in [4.69, 9.17) is 61.6 Å². The quantitative estimate of drug-likeness (QED) is 0.105. The third-order valence-electron chi connectivity index (χ3n) is 10.6. The van der Waals surface area contributed by atoms with E-state index >= 15 is 0 Å². The van der Waals surface area contributed by atoms with Crippen molar-refractivity contribution < 1.29 is 99.9 Å². The summed E-state index contributed by atoms with van der Waals surface area (Å²) < 4.78 is 65.8. The van der Waals surface area contributed by atoms with Gasteiger partial charge in [-0.2, -0.15) is 23.5 Å². The van der Waals surface area contributed by atoms with Crippen molar-refractivity contribution in [2.75, 3.05) is 82.5 Å². The summed E-state index contributed by atoms with van der Waals surface area (Å²) in [5, 5.41) is 0.490. The first-order valence-electron chi connectivity index (χ1n) is 24.4. The number of carbonyl (C=O) groups excluding carboxylic acids is 8. The number of thioether (sulfide) groups is 3. The molecule has 21 nitrogen and oxygen atoms in total. The van der Waals surface area contributed by atoms with Gasteiger partial charge in [0.05, 0.1) is 61.0 Å². The maximum atomic E-state index is 11.6. The van der Waals surface area contributed by atoms with Crippen LogP contribution in [0.3, 0.4) is 0 Å². The van der Waals surface area contributed by atoms with E-state index < -0.39 is 73.3 Å². The molecule has 72 heavy (non-hydrogen) atoms. The van der Waals surface area contributed by atoms with Gasteiger partial charge < -0.3 is 61.6 Å². The fraction of sp³-hybridized carbons (Fsp3) is 0.833. The van der Waals surface area contributed by atoms with E-state index in [0.29, 0.717) is 56.5 Å². The van der Waals surface area contributed by atoms with Crippen LogP contribution < -0.4 is 0 Å². The molecule has 4 heterocycles. The van der Waals surface area contributed by atoms with Gasteiger partial charge in [-0.3, -0.25) is 19.2 Å². The monoisotopic (exact) mass is 1090 g/mol. The molecule has 4 fully saturated rings. The Balaban J connectivity index is 0.000000480. The van der Waals surface area contributed by atoms with Gasteiger partial charge in [0.2, 0.25) is 18.9 Å². The molecule has 4 aliphatic heterocycles. The minimum atomic E-state index is -0.719. The van der Waals surface area contributed by atoms with E-state index in [-0.39, 0.29) is 73.8 Å². The van der Waals surface area contributed by atoms with E-state index in [0.717, 1.165) is 17.3 Å². The molecule has 0 spiro atoms. The lowest BCUT2D eigenvalue weighted by Crippen LogP contribution is -2.38. The van der Waals surface area contributed by atoms with E-state index in [2.05, 4.69) is 6.92 Å². The molecule has 10 unspecified atom stereocenters. The molecule has 4 rings (SSSR count). The summed E-state index contributed by atoms with van der Waals surface area (Å²) in [5.41, 5.74) is -0.710. The first kappa shape index (κ1) is 66.6. The molecule has 0 aromatic rings. The maximum absolute atomic E-state index is 11.6. The summed E-state index contributed by atoms with van der Waals surface area (Å²) in [5.74, 6) is -0.982. The van der Waals surface area contributed by atoms with Crippen molar-refractivity contribution in [2.45, 2.75) is 151 Å². The molecule has 24 heteroatoms. The van der Waals surface area contributed by atoms with Crippen LogP contribution in [-0.4, -0.2) is 172 Å². The van der Waals surface area contributed by atoms with Gasteiger partial charge >= 0.3 is 47.8 Å². The number of rotatable bonds is 20. The predicted molar refractivity (Wildman–Crippen MR) is 266 cm³/mol. The lowest BCUT2D eigenvalue weighted by molar-refractivity contribution is -0.236. The van der Waals surface area contributed by atoms with Crippen LogP contribution in [0.25, 0.3) is 0 Å². The molecular weight excluding hydrogens is 1010 g/mol. The molecule has 0 amide bonds. The van der Waals surface area contributed by atoms with E-state index in [9.17, 15) is 38.4 Å². The highest BCUT2D eigenvalue weighted by Crippen LogP contribution is 2.31. The predicted octanol–water partition coefficient (Wildman–Crippen LogP) is 5.67. The van der Waals surface area contributed by atoms with E-state index in [1.807, 2.05) is 41.5 Å². The third kappa shape index (κ3) is 30.1. The SMILES string of the molecule is CCC(C)(C)C(=O)OCC(=O)OC1COCCO1.CCC(C)C(=O)OCC(=O)OC1COCC(C)O1.CCC(C)C(=O)OCC(=O)OC1CSCC(C)O1.CCC(C)C(=O)OCC(=O)OC1CSCC(C)S1. The second kappa shape index (κ2) is 37.4. The van der Waals surface area contributed by atoms with Gasteiger partial charge in [-0.15, -0.1) is 11.8 Å². The summed E-state index contributed by atoms with van der Waals surface area (Å²) in [4.78, 5) is 91.4. The van der Waals surface area contributed by atoms with Gasteiger partial charge in [0.15, 0.2) is 31.9 Å². The molecule has 0 saturated carbocycles. The Morgan fingerprint density at radius 1 is 0.528 bits per heavy atom. The van der Waals surface area contributed by atoms with Crippen LogP contribution in [0, 0.1) is 23.2 Å². The lowest BCUT2D eigenvalue weighted by Gasteiger charge is -2.27. The third-order valence-corrected chi connectivity index (χ3v) is 14.7. The minimum Gasteiger partial charge on any atom is -0.453 e. The summed E-state index contributed by atoms with van der Waals surface area (Å²) in [7, 11) is 0. The summed E-state index contributed by atoms with van der Waals surface area (Å²) >= 11 is 5.11. The van der Waals surface area contributed by atoms with E-state index in [1.165, 1.54) is 0 Å². The van der Waals surface area contributed by atoms with Gasteiger partial charge in [-0.05, 0) is 53.4 Å². The number of esters is 8. The Kier molecular flexibility index (Phi) is 34.6. The Morgan fingerprint density at radius 3 is 1.44 bits per heavy atom. The van der Waals surface area contributed by atoms with Crippen molar-refractivity contribution >= 4 is 83.0 Å². The van der Waals surface area contributed by atoms with Gasteiger partial charge in [-0.1, -0.05) is 55.4 Å². The van der Waals surface area contributed by atoms with Gasteiger partial charge in [-0.25, -0.2) is 19.2 Å². The molecule has 0 aromatic heterocycles. The first-order valence-corrected chi connectivity index (χ1v) is 27.6. The summed E-state index contributed by atoms with van der Waals surface area (Å²) in [6.07, 6.45) is 0.712. The number of carbonyl (C=O) groups is 8. The molecule has 10 atom stereocenters. The van der Waals surface area contributed by atoms with Crippen molar-refractivity contribution in [1.29, 1.82) is 0 Å². The van der Waals surface area contributed by atoms with Crippen LogP contribution in [0.15, 0.2) is 0 Å². The fourth-order valence-corrected chi connectivity index (χ4v) is 8.73. The van der Waals surface area contributed by atoms with Gasteiger partial charge in [0.25, 0.3) is 0 Å². The Morgan fingerprint density at radius 2 is 0.986 bits per heavy atom. The van der Waals surface area contributed by atoms with Crippen molar-refractivity contribution in [3.8, 4) is 0 Å². The Bertz CT molecular complexity index is 1500. The molecule has 4 aliphatic rings. The average Bonchev–Trinajstić information content (AvgIpc) is 3.35. The highest BCUT2D eigenvalue weighted by molar-refractivity contribution is 8.07. The zero-order chi connectivity index (χ0) is 54.2. The van der Waals surface area contributed by atoms with Gasteiger partial charge in [0.1, 0.15) is 13.2 Å². The second-order valence-electron chi connectivity index (χ2n) is 17.6. The van der Waals surface area contributed by atoms with Gasteiger partial charge in [0, 0.05) is 22.5 Å². The Labute approximate surface area is 437 Å². The van der Waals surface area contributed by atoms with Crippen LogP contribution in [0.4, 0.5) is 0 Å². The molecular formula is C48H80O21S3. The molecule has 416 valence electrons. The van der Waals surface area contributed by atoms with Crippen molar-refractivity contribution in [3.63, 3.8) is 0 Å². The summed E-state index contributed by atoms with van der Waals surface area (Å²) in [6.45, 7) is 22.6. The Hall–Kier alpha value is -3.39. The van der Waals surface area contributed by atoms with Crippen LogP contribution in [0.2, 0.25) is 0 Å². The standard InChI is InChI=1S/2C12H20O6.C12H20O5S.C12H20O4S2/c1-4-8(2)12(14)16-6-10(13)18-11-7-15-5-9(3)17-11;1-4-12(2,3)11(14)17-7-9(13)18-10-8-15-5-6-16-10;1-4-8(2)12(14)15-5-10(13)17-11-7-18-6-9(3)16-11;1-4-8(2)12(14)15-5-10(13)16-11-7-17-6-9(3)18-11/h8-9,11H,4-7H2,1-3H3;10H,4-8H2,1-3H3;2*8-9,11H,4-7H2,1-3H3. The minimum absolute atomic E-state index is 0.0733. The van der Waals surface area contributed by atoms with E-state index in [1.54, 1.807) is 69.9 Å². The zero-order valence-corrected chi connectivity index (χ0v) is 46.5. The zero-order valence-electron chi connectivity index (χ0n) is 44.1.